The monoisotopic (exact) mass is 483 g/mol. The number of hydrogen-bond acceptors (Lipinski definition) is 6. The molecule has 3 rings (SSSR count). The summed E-state index contributed by atoms with van der Waals surface area (Å²) in [5.74, 6) is -0.313. The minimum Gasteiger partial charge on any atom is -0.493 e. The summed E-state index contributed by atoms with van der Waals surface area (Å²) in [6.45, 7) is 5.23. The lowest BCUT2D eigenvalue weighted by Gasteiger charge is -2.10. The highest BCUT2D eigenvalue weighted by atomic mass is 35.5. The summed E-state index contributed by atoms with van der Waals surface area (Å²) in [6.07, 6.45) is 2.71. The number of rotatable bonds is 8. The third-order valence-corrected chi connectivity index (χ3v) is 5.33. The van der Waals surface area contributed by atoms with E-state index in [1.807, 2.05) is 38.1 Å². The first-order valence-electron chi connectivity index (χ1n) is 10.4. The number of carbonyl (C=O) groups is 2. The van der Waals surface area contributed by atoms with Gasteiger partial charge in [0.25, 0.3) is 5.91 Å². The van der Waals surface area contributed by atoms with Crippen LogP contribution in [-0.4, -0.2) is 42.5 Å². The zero-order valence-electron chi connectivity index (χ0n) is 19.6. The van der Waals surface area contributed by atoms with Gasteiger partial charge in [0.1, 0.15) is 0 Å². The van der Waals surface area contributed by atoms with Crippen molar-refractivity contribution in [2.45, 2.75) is 20.8 Å². The van der Waals surface area contributed by atoms with Gasteiger partial charge < -0.3 is 19.5 Å². The van der Waals surface area contributed by atoms with Crippen molar-refractivity contribution >= 4 is 35.2 Å². The topological polar surface area (TPSA) is 91.7 Å². The molecule has 0 spiro atoms. The van der Waals surface area contributed by atoms with Crippen molar-refractivity contribution in [2.24, 2.45) is 0 Å². The van der Waals surface area contributed by atoms with Crippen molar-refractivity contribution in [3.05, 3.63) is 70.0 Å². The van der Waals surface area contributed by atoms with Crippen molar-refractivity contribution in [1.82, 2.24) is 9.78 Å². The number of nitrogens with zero attached hydrogens (tertiary/aromatic N) is 2. The number of halogens is 1. The predicted molar refractivity (Wildman–Crippen MR) is 131 cm³/mol. The molecule has 178 valence electrons. The van der Waals surface area contributed by atoms with Crippen LogP contribution < -0.4 is 14.8 Å². The highest BCUT2D eigenvalue weighted by molar-refractivity contribution is 6.32. The molecular formula is C25H26ClN3O5. The molecule has 3 aromatic rings. The number of ether oxygens (including phenoxy) is 3. The van der Waals surface area contributed by atoms with Crippen molar-refractivity contribution in [3.63, 3.8) is 0 Å². The Balaban J connectivity index is 1.61. The summed E-state index contributed by atoms with van der Waals surface area (Å²) >= 11 is 6.17. The number of amides is 1. The molecule has 1 amide bonds. The molecule has 1 heterocycles. The van der Waals surface area contributed by atoms with Gasteiger partial charge in [0.15, 0.2) is 18.1 Å². The Labute approximate surface area is 203 Å². The van der Waals surface area contributed by atoms with Crippen LogP contribution in [0.3, 0.4) is 0 Å². The normalized spacial score (nSPS) is 10.9. The number of carbonyl (C=O) groups excluding carboxylic acids is 2. The van der Waals surface area contributed by atoms with E-state index >= 15 is 0 Å². The van der Waals surface area contributed by atoms with Crippen LogP contribution in [0, 0.1) is 20.8 Å². The fraction of sp³-hybridized carbons (Fsp3) is 0.240. The molecule has 0 fully saturated rings. The molecule has 0 aliphatic carbocycles. The van der Waals surface area contributed by atoms with Gasteiger partial charge in [0, 0.05) is 6.08 Å². The molecule has 0 aliphatic heterocycles. The maximum absolute atomic E-state index is 12.4. The fourth-order valence-corrected chi connectivity index (χ4v) is 3.62. The van der Waals surface area contributed by atoms with E-state index in [0.29, 0.717) is 33.5 Å². The summed E-state index contributed by atoms with van der Waals surface area (Å²) in [7, 11) is 2.97. The van der Waals surface area contributed by atoms with Crippen LogP contribution in [0.15, 0.2) is 42.5 Å². The van der Waals surface area contributed by atoms with E-state index in [-0.39, 0.29) is 0 Å². The highest BCUT2D eigenvalue weighted by Gasteiger charge is 2.16. The number of esters is 1. The lowest BCUT2D eigenvalue weighted by atomic mass is 10.2. The molecule has 1 aromatic heterocycles. The number of aryl methyl sites for hydroxylation is 2. The van der Waals surface area contributed by atoms with E-state index in [4.69, 9.17) is 25.8 Å². The van der Waals surface area contributed by atoms with E-state index in [0.717, 1.165) is 16.9 Å². The first-order chi connectivity index (χ1) is 16.2. The summed E-state index contributed by atoms with van der Waals surface area (Å²) in [4.78, 5) is 24.5. The number of nitrogens with one attached hydrogen (secondary N) is 1. The van der Waals surface area contributed by atoms with Crippen molar-refractivity contribution in [3.8, 4) is 17.2 Å². The highest BCUT2D eigenvalue weighted by Crippen LogP contribution is 2.36. The summed E-state index contributed by atoms with van der Waals surface area (Å²) in [5, 5.41) is 7.62. The lowest BCUT2D eigenvalue weighted by molar-refractivity contribution is -0.142. The van der Waals surface area contributed by atoms with Gasteiger partial charge in [-0.25, -0.2) is 9.48 Å². The SMILES string of the molecule is COc1cc(C=CC(=O)OCC(=O)Nc2c(C)nn(-c3ccc(C)cc3)c2C)cc(Cl)c1OC. The molecule has 0 bridgehead atoms. The minimum atomic E-state index is -0.676. The molecule has 0 saturated heterocycles. The van der Waals surface area contributed by atoms with Crippen LogP contribution in [0.1, 0.15) is 22.5 Å². The number of aromatic nitrogens is 2. The maximum atomic E-state index is 12.4. The van der Waals surface area contributed by atoms with Crippen LogP contribution in [0.2, 0.25) is 5.02 Å². The third-order valence-electron chi connectivity index (χ3n) is 5.05. The van der Waals surface area contributed by atoms with E-state index in [1.165, 1.54) is 26.4 Å². The van der Waals surface area contributed by atoms with Gasteiger partial charge in [-0.3, -0.25) is 4.79 Å². The van der Waals surface area contributed by atoms with Crippen LogP contribution >= 0.6 is 11.6 Å². The molecule has 34 heavy (non-hydrogen) atoms. The van der Waals surface area contributed by atoms with Gasteiger partial charge in [-0.2, -0.15) is 5.10 Å². The smallest absolute Gasteiger partial charge is 0.331 e. The quantitative estimate of drug-likeness (QED) is 0.370. The largest absolute Gasteiger partial charge is 0.493 e. The Bertz CT molecular complexity index is 1230. The van der Waals surface area contributed by atoms with Gasteiger partial charge in [-0.1, -0.05) is 29.3 Å². The molecule has 9 heteroatoms. The second-order valence-electron chi connectivity index (χ2n) is 7.52. The van der Waals surface area contributed by atoms with E-state index in [2.05, 4.69) is 10.4 Å². The Hall–Kier alpha value is -3.78. The van der Waals surface area contributed by atoms with Crippen molar-refractivity contribution < 1.29 is 23.8 Å². The van der Waals surface area contributed by atoms with Gasteiger partial charge >= 0.3 is 5.97 Å². The molecule has 8 nitrogen and oxygen atoms in total. The number of hydrogen-bond donors (Lipinski definition) is 1. The maximum Gasteiger partial charge on any atom is 0.331 e. The first kappa shape index (κ1) is 24.9. The van der Waals surface area contributed by atoms with E-state index in [9.17, 15) is 9.59 Å². The van der Waals surface area contributed by atoms with Crippen LogP contribution in [0.5, 0.6) is 11.5 Å². The molecular weight excluding hydrogens is 458 g/mol. The summed E-state index contributed by atoms with van der Waals surface area (Å²) in [5.41, 5.74) is 4.65. The Morgan fingerprint density at radius 3 is 2.44 bits per heavy atom. The summed E-state index contributed by atoms with van der Waals surface area (Å²) in [6, 6.07) is 11.2. The number of methoxy groups -OCH3 is 2. The zero-order valence-corrected chi connectivity index (χ0v) is 20.4. The molecule has 0 aliphatic rings. The Morgan fingerprint density at radius 2 is 1.79 bits per heavy atom. The predicted octanol–water partition coefficient (Wildman–Crippen LogP) is 4.66. The minimum absolute atomic E-state index is 0.339. The van der Waals surface area contributed by atoms with Gasteiger partial charge in [0.2, 0.25) is 0 Å². The van der Waals surface area contributed by atoms with Crippen molar-refractivity contribution in [1.29, 1.82) is 0 Å². The average molecular weight is 484 g/mol. The van der Waals surface area contributed by atoms with Crippen LogP contribution in [0.25, 0.3) is 11.8 Å². The lowest BCUT2D eigenvalue weighted by Crippen LogP contribution is -2.20. The molecule has 0 atom stereocenters. The Kier molecular flexibility index (Phi) is 7.96. The molecule has 0 unspecified atom stereocenters. The molecule has 2 aromatic carbocycles. The second kappa shape index (κ2) is 10.9. The van der Waals surface area contributed by atoms with Crippen molar-refractivity contribution in [2.75, 3.05) is 26.1 Å². The second-order valence-corrected chi connectivity index (χ2v) is 7.93. The van der Waals surface area contributed by atoms with Crippen LogP contribution in [-0.2, 0) is 14.3 Å². The fourth-order valence-electron chi connectivity index (χ4n) is 3.32. The van der Waals surface area contributed by atoms with E-state index < -0.39 is 18.5 Å². The standard InChI is InChI=1S/C25H26ClN3O5/c1-15-6-9-19(10-7-15)29-17(3)24(16(2)28-29)27-22(30)14-34-23(31)11-8-18-12-20(26)25(33-5)21(13-18)32-4/h6-13H,14H2,1-5H3,(H,27,30). The van der Waals surface area contributed by atoms with E-state index in [1.54, 1.807) is 23.7 Å². The third kappa shape index (κ3) is 5.77. The Morgan fingerprint density at radius 1 is 1.09 bits per heavy atom. The molecule has 0 radical (unpaired) electrons. The van der Waals surface area contributed by atoms with Gasteiger partial charge in [0.05, 0.1) is 42.0 Å². The van der Waals surface area contributed by atoms with Gasteiger partial charge in [-0.15, -0.1) is 0 Å². The van der Waals surface area contributed by atoms with Crippen LogP contribution in [0.4, 0.5) is 5.69 Å². The molecule has 0 saturated carbocycles. The zero-order chi connectivity index (χ0) is 24.8. The first-order valence-corrected chi connectivity index (χ1v) is 10.8. The molecule has 1 N–H and O–H groups in total. The summed E-state index contributed by atoms with van der Waals surface area (Å²) < 4.78 is 17.2. The van der Waals surface area contributed by atoms with Gasteiger partial charge in [-0.05, 0) is 56.7 Å². The average Bonchev–Trinajstić information content (AvgIpc) is 3.09. The number of anilines is 1. The number of benzene rings is 2.